The first-order valence-corrected chi connectivity index (χ1v) is 5.44. The number of halogens is 3. The Kier molecular flexibility index (Phi) is 4.80. The lowest BCUT2D eigenvalue weighted by molar-refractivity contribution is -0.274. The molecule has 1 aromatic rings. The summed E-state index contributed by atoms with van der Waals surface area (Å²) in [6.07, 6.45) is -5.35. The lowest BCUT2D eigenvalue weighted by Crippen LogP contribution is -2.18. The normalized spacial score (nSPS) is 10.8. The first kappa shape index (κ1) is 15.6. The van der Waals surface area contributed by atoms with Crippen molar-refractivity contribution in [3.63, 3.8) is 0 Å². The smallest absolute Gasteiger partial charge is 0.506 e. The summed E-state index contributed by atoms with van der Waals surface area (Å²) in [6.45, 7) is 1.71. The van der Waals surface area contributed by atoms with Crippen LogP contribution in [0.2, 0.25) is 0 Å². The predicted octanol–water partition coefficient (Wildman–Crippen LogP) is 2.27. The van der Waals surface area contributed by atoms with Crippen molar-refractivity contribution >= 4 is 5.97 Å². The molecule has 5 nitrogen and oxygen atoms in total. The van der Waals surface area contributed by atoms with E-state index in [1.54, 1.807) is 6.92 Å². The number of hydrogen-bond donors (Lipinski definition) is 1. The van der Waals surface area contributed by atoms with E-state index < -0.39 is 29.4 Å². The number of aromatic hydroxyl groups is 1. The van der Waals surface area contributed by atoms with Gasteiger partial charge in [0.05, 0.1) is 13.0 Å². The third-order valence-electron chi connectivity index (χ3n) is 2.20. The molecule has 0 bridgehead atoms. The number of benzene rings is 1. The van der Waals surface area contributed by atoms with Gasteiger partial charge in [-0.15, -0.1) is 13.2 Å². The number of esters is 1. The van der Waals surface area contributed by atoms with Crippen LogP contribution in [0.1, 0.15) is 18.1 Å². The molecule has 0 amide bonds. The van der Waals surface area contributed by atoms with Crippen LogP contribution in [0.3, 0.4) is 0 Å². The van der Waals surface area contributed by atoms with Crippen LogP contribution in [0, 0.1) is 11.3 Å². The largest absolute Gasteiger partial charge is 0.573 e. The summed E-state index contributed by atoms with van der Waals surface area (Å²) in [5, 5.41) is 18.5. The number of alkyl halides is 3. The maximum atomic E-state index is 12.1. The summed E-state index contributed by atoms with van der Waals surface area (Å²) in [7, 11) is 0. The van der Waals surface area contributed by atoms with Gasteiger partial charge in [-0.25, -0.2) is 0 Å². The quantitative estimate of drug-likeness (QED) is 0.860. The first-order chi connectivity index (χ1) is 9.28. The van der Waals surface area contributed by atoms with Gasteiger partial charge in [0.2, 0.25) is 0 Å². The minimum Gasteiger partial charge on any atom is -0.506 e. The molecule has 0 unspecified atom stereocenters. The van der Waals surface area contributed by atoms with Crippen LogP contribution in [-0.2, 0) is 16.0 Å². The molecule has 0 atom stereocenters. The van der Waals surface area contributed by atoms with Gasteiger partial charge in [-0.3, -0.25) is 4.79 Å². The Morgan fingerprint density at radius 2 is 2.10 bits per heavy atom. The summed E-state index contributed by atoms with van der Waals surface area (Å²) in [5.74, 6) is -2.23. The molecule has 1 rings (SSSR count). The zero-order valence-electron chi connectivity index (χ0n) is 10.3. The molecule has 1 aromatic carbocycles. The Morgan fingerprint density at radius 3 is 2.60 bits per heavy atom. The van der Waals surface area contributed by atoms with E-state index in [0.29, 0.717) is 0 Å². The van der Waals surface area contributed by atoms with Gasteiger partial charge >= 0.3 is 12.3 Å². The first-order valence-electron chi connectivity index (χ1n) is 5.44. The van der Waals surface area contributed by atoms with Crippen LogP contribution < -0.4 is 4.74 Å². The van der Waals surface area contributed by atoms with E-state index in [4.69, 9.17) is 5.26 Å². The molecule has 0 aliphatic carbocycles. The molecular formula is C12H10F3NO4. The highest BCUT2D eigenvalue weighted by Crippen LogP contribution is 2.34. The highest BCUT2D eigenvalue weighted by atomic mass is 19.4. The van der Waals surface area contributed by atoms with Crippen LogP contribution in [0.4, 0.5) is 13.2 Å². The van der Waals surface area contributed by atoms with Gasteiger partial charge in [-0.1, -0.05) is 6.07 Å². The summed E-state index contributed by atoms with van der Waals surface area (Å²) < 4.78 is 44.6. The number of phenols is 1. The van der Waals surface area contributed by atoms with Crippen molar-refractivity contribution in [3.05, 3.63) is 23.3 Å². The van der Waals surface area contributed by atoms with Crippen molar-refractivity contribution in [1.82, 2.24) is 0 Å². The third-order valence-corrected chi connectivity index (χ3v) is 2.20. The summed E-state index contributed by atoms with van der Waals surface area (Å²) in [4.78, 5) is 11.3. The summed E-state index contributed by atoms with van der Waals surface area (Å²) in [6, 6.07) is 3.33. The minimum atomic E-state index is -4.99. The van der Waals surface area contributed by atoms with E-state index >= 15 is 0 Å². The maximum Gasteiger partial charge on any atom is 0.573 e. The number of ether oxygens (including phenoxy) is 2. The number of nitrogens with zero attached hydrogens (tertiary/aromatic N) is 1. The molecule has 0 saturated heterocycles. The fraction of sp³-hybridized carbons (Fsp3) is 0.333. The van der Waals surface area contributed by atoms with E-state index in [1.807, 2.05) is 0 Å². The van der Waals surface area contributed by atoms with E-state index in [-0.39, 0.29) is 18.6 Å². The van der Waals surface area contributed by atoms with E-state index in [1.165, 1.54) is 6.07 Å². The third kappa shape index (κ3) is 4.05. The molecule has 0 fully saturated rings. The van der Waals surface area contributed by atoms with Gasteiger partial charge in [-0.05, 0) is 13.0 Å². The van der Waals surface area contributed by atoms with Crippen LogP contribution in [0.5, 0.6) is 11.5 Å². The van der Waals surface area contributed by atoms with Gasteiger partial charge in [0.25, 0.3) is 0 Å². The molecule has 108 valence electrons. The highest BCUT2D eigenvalue weighted by Gasteiger charge is 2.33. The second-order valence-electron chi connectivity index (χ2n) is 3.59. The molecule has 0 aromatic heterocycles. The fourth-order valence-electron chi connectivity index (χ4n) is 1.44. The van der Waals surface area contributed by atoms with Crippen LogP contribution in [-0.4, -0.2) is 24.0 Å². The Balaban J connectivity index is 3.09. The summed E-state index contributed by atoms with van der Waals surface area (Å²) >= 11 is 0. The number of carbonyl (C=O) groups excluding carboxylic acids is 1. The SMILES string of the molecule is CCOC(=O)Cc1ccc(OC(F)(F)F)c(C#N)c1O. The number of phenolic OH excluding ortho intramolecular Hbond substituents is 1. The van der Waals surface area contributed by atoms with E-state index in [0.717, 1.165) is 12.1 Å². The number of hydrogen-bond acceptors (Lipinski definition) is 5. The lowest BCUT2D eigenvalue weighted by atomic mass is 10.1. The second-order valence-corrected chi connectivity index (χ2v) is 3.59. The Hall–Kier alpha value is -2.43. The molecule has 0 spiro atoms. The molecule has 0 radical (unpaired) electrons. The molecule has 1 N–H and O–H groups in total. The van der Waals surface area contributed by atoms with Crippen LogP contribution >= 0.6 is 0 Å². The Morgan fingerprint density at radius 1 is 1.45 bits per heavy atom. The maximum absolute atomic E-state index is 12.1. The summed E-state index contributed by atoms with van der Waals surface area (Å²) in [5.41, 5.74) is -0.710. The van der Waals surface area contributed by atoms with E-state index in [9.17, 15) is 23.1 Å². The van der Waals surface area contributed by atoms with Crippen molar-refractivity contribution < 1.29 is 32.5 Å². The van der Waals surface area contributed by atoms with Crippen molar-refractivity contribution in [1.29, 1.82) is 5.26 Å². The van der Waals surface area contributed by atoms with Crippen LogP contribution in [0.25, 0.3) is 0 Å². The number of carbonyl (C=O) groups is 1. The van der Waals surface area contributed by atoms with Gasteiger partial charge < -0.3 is 14.6 Å². The molecule has 8 heteroatoms. The molecule has 0 saturated carbocycles. The number of nitriles is 1. The average Bonchev–Trinajstić information content (AvgIpc) is 2.31. The van der Waals surface area contributed by atoms with Crippen molar-refractivity contribution in [2.75, 3.05) is 6.61 Å². The molecule has 20 heavy (non-hydrogen) atoms. The zero-order chi connectivity index (χ0) is 15.3. The average molecular weight is 289 g/mol. The standard InChI is InChI=1S/C12H10F3NO4/c1-2-19-10(17)5-7-3-4-9(20-12(13,14)15)8(6-16)11(7)18/h3-4,18H,2,5H2,1H3. The molecule has 0 aliphatic rings. The topological polar surface area (TPSA) is 79.5 Å². The van der Waals surface area contributed by atoms with Crippen molar-refractivity contribution in [2.24, 2.45) is 0 Å². The number of rotatable bonds is 4. The molecule has 0 aliphatic heterocycles. The molecular weight excluding hydrogens is 279 g/mol. The predicted molar refractivity (Wildman–Crippen MR) is 59.8 cm³/mol. The highest BCUT2D eigenvalue weighted by molar-refractivity contribution is 5.74. The van der Waals surface area contributed by atoms with E-state index in [2.05, 4.69) is 9.47 Å². The zero-order valence-corrected chi connectivity index (χ0v) is 10.3. The van der Waals surface area contributed by atoms with Gasteiger partial charge in [0.1, 0.15) is 17.4 Å². The fourth-order valence-corrected chi connectivity index (χ4v) is 1.44. The van der Waals surface area contributed by atoms with Gasteiger partial charge in [-0.2, -0.15) is 5.26 Å². The van der Waals surface area contributed by atoms with Gasteiger partial charge in [0, 0.05) is 5.56 Å². The van der Waals surface area contributed by atoms with Crippen molar-refractivity contribution in [3.8, 4) is 17.6 Å². The Labute approximate surface area is 112 Å². The molecule has 0 heterocycles. The van der Waals surface area contributed by atoms with Gasteiger partial charge in [0.15, 0.2) is 5.75 Å². The second kappa shape index (κ2) is 6.14. The Bertz CT molecular complexity index is 549. The van der Waals surface area contributed by atoms with Crippen molar-refractivity contribution in [2.45, 2.75) is 19.7 Å². The minimum absolute atomic E-state index is 0.0190. The van der Waals surface area contributed by atoms with Crippen LogP contribution in [0.15, 0.2) is 12.1 Å². The monoisotopic (exact) mass is 289 g/mol. The lowest BCUT2D eigenvalue weighted by Gasteiger charge is -2.13.